The number of carboxylic acids is 1. The first kappa shape index (κ1) is 18.9. The minimum Gasteiger partial charge on any atom is -0.478 e. The summed E-state index contributed by atoms with van der Waals surface area (Å²) in [6, 6.07) is 24.4. The summed E-state index contributed by atoms with van der Waals surface area (Å²) in [7, 11) is 0. The molecule has 0 atom stereocenters. The molecule has 1 amide bonds. The third-order valence-electron chi connectivity index (χ3n) is 4.28. The lowest BCUT2D eigenvalue weighted by Crippen LogP contribution is -2.18. The number of anilines is 1. The molecule has 0 spiro atoms. The second-order valence-corrected chi connectivity index (χ2v) is 7.04. The lowest BCUT2D eigenvalue weighted by molar-refractivity contribution is -0.116. The normalized spacial score (nSPS) is 10.6. The van der Waals surface area contributed by atoms with Gasteiger partial charge in [-0.15, -0.1) is 0 Å². The van der Waals surface area contributed by atoms with E-state index in [9.17, 15) is 14.7 Å². The van der Waals surface area contributed by atoms with Crippen molar-refractivity contribution in [2.75, 3.05) is 5.32 Å². The number of hydrogen-bond donors (Lipinski definition) is 2. The maximum absolute atomic E-state index is 12.7. The summed E-state index contributed by atoms with van der Waals surface area (Å²) >= 11 is 3.26. The molecule has 3 aromatic carbocycles. The first-order valence-corrected chi connectivity index (χ1v) is 9.26. The Morgan fingerprint density at radius 3 is 1.96 bits per heavy atom. The fourth-order valence-electron chi connectivity index (χ4n) is 2.99. The Labute approximate surface area is 166 Å². The fourth-order valence-corrected chi connectivity index (χ4v) is 3.35. The van der Waals surface area contributed by atoms with Crippen LogP contribution in [0.25, 0.3) is 0 Å². The maximum Gasteiger partial charge on any atom is 0.337 e. The summed E-state index contributed by atoms with van der Waals surface area (Å²) in [5, 5.41) is 12.1. The molecule has 0 radical (unpaired) electrons. The molecule has 2 N–H and O–H groups in total. The van der Waals surface area contributed by atoms with Gasteiger partial charge >= 0.3 is 5.97 Å². The van der Waals surface area contributed by atoms with Crippen LogP contribution in [0.2, 0.25) is 0 Å². The highest BCUT2D eigenvalue weighted by molar-refractivity contribution is 9.10. The smallest absolute Gasteiger partial charge is 0.337 e. The maximum atomic E-state index is 12.7. The lowest BCUT2D eigenvalue weighted by Gasteiger charge is -2.18. The van der Waals surface area contributed by atoms with Crippen LogP contribution < -0.4 is 5.32 Å². The molecular formula is C22H18BrNO3. The van der Waals surface area contributed by atoms with Gasteiger partial charge < -0.3 is 10.4 Å². The molecule has 0 bridgehead atoms. The van der Waals surface area contributed by atoms with Crippen molar-refractivity contribution in [2.24, 2.45) is 0 Å². The van der Waals surface area contributed by atoms with E-state index in [0.29, 0.717) is 4.47 Å². The number of halogens is 1. The van der Waals surface area contributed by atoms with Crippen LogP contribution in [-0.2, 0) is 4.79 Å². The van der Waals surface area contributed by atoms with Gasteiger partial charge in [-0.25, -0.2) is 4.79 Å². The van der Waals surface area contributed by atoms with Gasteiger partial charge in [0.2, 0.25) is 5.91 Å². The summed E-state index contributed by atoms with van der Waals surface area (Å²) in [5.74, 6) is -1.44. The minimum absolute atomic E-state index is 0.0497. The SMILES string of the molecule is O=C(CC(c1ccccc1)c1ccccc1)Nc1ccc(Br)cc1C(=O)O. The van der Waals surface area contributed by atoms with Crippen molar-refractivity contribution in [2.45, 2.75) is 12.3 Å². The molecular weight excluding hydrogens is 406 g/mol. The van der Waals surface area contributed by atoms with Crippen LogP contribution in [0.1, 0.15) is 33.8 Å². The fraction of sp³-hybridized carbons (Fsp3) is 0.0909. The van der Waals surface area contributed by atoms with E-state index in [-0.39, 0.29) is 29.5 Å². The monoisotopic (exact) mass is 423 g/mol. The van der Waals surface area contributed by atoms with Crippen molar-refractivity contribution in [1.82, 2.24) is 0 Å². The van der Waals surface area contributed by atoms with E-state index in [4.69, 9.17) is 0 Å². The van der Waals surface area contributed by atoms with E-state index < -0.39 is 5.97 Å². The predicted octanol–water partition coefficient (Wildman–Crippen LogP) is 5.31. The van der Waals surface area contributed by atoms with Gasteiger partial charge in [-0.05, 0) is 29.3 Å². The molecule has 3 rings (SSSR count). The van der Waals surface area contributed by atoms with Crippen LogP contribution in [0.4, 0.5) is 5.69 Å². The van der Waals surface area contributed by atoms with E-state index in [1.54, 1.807) is 12.1 Å². The zero-order valence-corrected chi connectivity index (χ0v) is 16.0. The average molecular weight is 424 g/mol. The molecule has 5 heteroatoms. The molecule has 136 valence electrons. The number of amides is 1. The molecule has 0 aliphatic rings. The van der Waals surface area contributed by atoms with Gasteiger partial charge in [0.1, 0.15) is 0 Å². The van der Waals surface area contributed by atoms with Crippen LogP contribution in [-0.4, -0.2) is 17.0 Å². The quantitative estimate of drug-likeness (QED) is 0.564. The van der Waals surface area contributed by atoms with Gasteiger partial charge in [0.05, 0.1) is 11.3 Å². The van der Waals surface area contributed by atoms with Gasteiger partial charge in [0, 0.05) is 16.8 Å². The number of nitrogens with one attached hydrogen (secondary N) is 1. The lowest BCUT2D eigenvalue weighted by atomic mass is 9.88. The van der Waals surface area contributed by atoms with Gasteiger partial charge in [0.25, 0.3) is 0 Å². The summed E-state index contributed by atoms with van der Waals surface area (Å²) in [6.07, 6.45) is 0.211. The highest BCUT2D eigenvalue weighted by Gasteiger charge is 2.20. The Hall–Kier alpha value is -2.92. The second-order valence-electron chi connectivity index (χ2n) is 6.12. The standard InChI is InChI=1S/C22H18BrNO3/c23-17-11-12-20(19(13-17)22(26)27)24-21(25)14-18(15-7-3-1-4-8-15)16-9-5-2-6-10-16/h1-13,18H,14H2,(H,24,25)(H,26,27). The molecule has 0 saturated heterocycles. The van der Waals surface area contributed by atoms with Crippen LogP contribution in [0.15, 0.2) is 83.3 Å². The number of carboxylic acid groups (broad SMARTS) is 1. The number of benzene rings is 3. The largest absolute Gasteiger partial charge is 0.478 e. The third kappa shape index (κ3) is 4.83. The van der Waals surface area contributed by atoms with Crippen molar-refractivity contribution >= 4 is 33.5 Å². The number of rotatable bonds is 6. The van der Waals surface area contributed by atoms with Crippen molar-refractivity contribution < 1.29 is 14.7 Å². The second kappa shape index (κ2) is 8.64. The first-order chi connectivity index (χ1) is 13.0. The van der Waals surface area contributed by atoms with E-state index in [1.165, 1.54) is 6.07 Å². The molecule has 0 unspecified atom stereocenters. The predicted molar refractivity (Wildman–Crippen MR) is 109 cm³/mol. The zero-order chi connectivity index (χ0) is 19.2. The summed E-state index contributed by atoms with van der Waals surface area (Å²) in [4.78, 5) is 24.2. The van der Waals surface area contributed by atoms with Crippen molar-refractivity contribution in [3.8, 4) is 0 Å². The molecule has 3 aromatic rings. The molecule has 0 aliphatic carbocycles. The molecule has 0 fully saturated rings. The Bertz CT molecular complexity index is 903. The summed E-state index contributed by atoms with van der Waals surface area (Å²) in [5.41, 5.74) is 2.41. The first-order valence-electron chi connectivity index (χ1n) is 8.47. The summed E-state index contributed by atoms with van der Waals surface area (Å²) < 4.78 is 0.643. The van der Waals surface area contributed by atoms with E-state index >= 15 is 0 Å². The highest BCUT2D eigenvalue weighted by Crippen LogP contribution is 2.29. The van der Waals surface area contributed by atoms with Gasteiger partial charge in [-0.3, -0.25) is 4.79 Å². The molecule has 0 aliphatic heterocycles. The van der Waals surface area contributed by atoms with Crippen molar-refractivity contribution in [1.29, 1.82) is 0 Å². The third-order valence-corrected chi connectivity index (χ3v) is 4.77. The van der Waals surface area contributed by atoms with Crippen LogP contribution in [0.3, 0.4) is 0 Å². The zero-order valence-electron chi connectivity index (χ0n) is 14.4. The number of carbonyl (C=O) groups excluding carboxylic acids is 1. The average Bonchev–Trinajstić information content (AvgIpc) is 2.68. The van der Waals surface area contributed by atoms with Crippen LogP contribution in [0, 0.1) is 0 Å². The van der Waals surface area contributed by atoms with Gasteiger partial charge in [-0.1, -0.05) is 76.6 Å². The topological polar surface area (TPSA) is 66.4 Å². The molecule has 4 nitrogen and oxygen atoms in total. The number of aromatic carboxylic acids is 1. The number of carbonyl (C=O) groups is 2. The van der Waals surface area contributed by atoms with Crippen LogP contribution >= 0.6 is 15.9 Å². The van der Waals surface area contributed by atoms with Gasteiger partial charge in [0.15, 0.2) is 0 Å². The Morgan fingerprint density at radius 2 is 1.44 bits per heavy atom. The van der Waals surface area contributed by atoms with E-state index in [1.807, 2.05) is 60.7 Å². The van der Waals surface area contributed by atoms with Crippen molar-refractivity contribution in [3.63, 3.8) is 0 Å². The Kier molecular flexibility index (Phi) is 6.04. The molecule has 0 saturated carbocycles. The molecule has 0 heterocycles. The Morgan fingerprint density at radius 1 is 0.889 bits per heavy atom. The van der Waals surface area contributed by atoms with Crippen LogP contribution in [0.5, 0.6) is 0 Å². The Balaban J connectivity index is 1.85. The molecule has 27 heavy (non-hydrogen) atoms. The highest BCUT2D eigenvalue weighted by atomic mass is 79.9. The number of hydrogen-bond acceptors (Lipinski definition) is 2. The van der Waals surface area contributed by atoms with E-state index in [2.05, 4.69) is 21.2 Å². The van der Waals surface area contributed by atoms with Crippen molar-refractivity contribution in [3.05, 3.63) is 100 Å². The minimum atomic E-state index is -1.09. The van der Waals surface area contributed by atoms with E-state index in [0.717, 1.165) is 11.1 Å². The summed E-state index contributed by atoms with van der Waals surface area (Å²) in [6.45, 7) is 0. The molecule has 0 aromatic heterocycles. The van der Waals surface area contributed by atoms with Gasteiger partial charge in [-0.2, -0.15) is 0 Å².